The topological polar surface area (TPSA) is 103 Å². The number of rotatable bonds is 6. The lowest BCUT2D eigenvalue weighted by Gasteiger charge is -2.26. The Morgan fingerprint density at radius 2 is 2.31 bits per heavy atom. The van der Waals surface area contributed by atoms with Gasteiger partial charge in [-0.1, -0.05) is 6.37 Å². The van der Waals surface area contributed by atoms with Crippen molar-refractivity contribution >= 4 is 17.1 Å². The van der Waals surface area contributed by atoms with E-state index in [-0.39, 0.29) is 14.8 Å². The molecule has 0 atom stereocenters. The van der Waals surface area contributed by atoms with E-state index < -0.39 is 105 Å². The van der Waals surface area contributed by atoms with Crippen molar-refractivity contribution in [3.05, 3.63) is 22.2 Å². The third kappa shape index (κ3) is 3.60. The second-order valence-electron chi connectivity index (χ2n) is 5.10. The summed E-state index contributed by atoms with van der Waals surface area (Å²) in [5, 5.41) is 10.7. The Labute approximate surface area is 177 Å². The van der Waals surface area contributed by atoms with E-state index in [1.54, 1.807) is 0 Å². The number of nitrogens with one attached hydrogen (secondary N) is 2. The number of pyridine rings is 1. The van der Waals surface area contributed by atoms with Crippen LogP contribution in [0.1, 0.15) is 78.9 Å². The summed E-state index contributed by atoms with van der Waals surface area (Å²) in [5.41, 5.74) is -4.58. The fourth-order valence-electron chi connectivity index (χ4n) is 2.32. The number of aromatic hydroxyl groups is 1. The number of piperidine rings is 1. The first kappa shape index (κ1) is 6.37. The third-order valence-corrected chi connectivity index (χ3v) is 3.46. The van der Waals surface area contributed by atoms with Gasteiger partial charge in [-0.25, -0.2) is 4.98 Å². The molecule has 1 fully saturated rings. The average molecular weight is 380 g/mol. The molecule has 8 nitrogen and oxygen atoms in total. The molecule has 142 valence electrons. The number of carbonyl (C=O) groups excluding carboxylic acids is 1. The highest BCUT2D eigenvalue weighted by Gasteiger charge is 2.24. The van der Waals surface area contributed by atoms with Crippen LogP contribution in [0, 0.1) is 0 Å². The van der Waals surface area contributed by atoms with Gasteiger partial charge in [0.2, 0.25) is 0 Å². The number of H-pyrrole nitrogens is 1. The number of aromatic amines is 1. The predicted octanol–water partition coefficient (Wildman–Crippen LogP) is 1.62. The fourth-order valence-corrected chi connectivity index (χ4v) is 2.32. The van der Waals surface area contributed by atoms with Crippen LogP contribution in [-0.2, 0) is 0 Å². The van der Waals surface area contributed by atoms with Gasteiger partial charge < -0.3 is 20.3 Å². The molecule has 2 aromatic heterocycles. The van der Waals surface area contributed by atoms with Crippen LogP contribution in [0.25, 0.3) is 11.2 Å². The molecule has 1 aliphatic heterocycles. The normalized spacial score (nSPS) is 36.9. The van der Waals surface area contributed by atoms with Crippen molar-refractivity contribution in [2.75, 3.05) is 26.1 Å². The van der Waals surface area contributed by atoms with E-state index >= 15 is 0 Å². The van der Waals surface area contributed by atoms with Crippen LogP contribution in [0.3, 0.4) is 0 Å². The third-order valence-electron chi connectivity index (χ3n) is 3.46. The number of carbonyl (C=O) groups is 1. The van der Waals surface area contributed by atoms with Crippen molar-refractivity contribution in [3.63, 3.8) is 0 Å². The first-order valence-corrected chi connectivity index (χ1v) is 7.38. The van der Waals surface area contributed by atoms with Crippen LogP contribution in [0.5, 0.6) is 5.75 Å². The van der Waals surface area contributed by atoms with Gasteiger partial charge in [0.25, 0.3) is 11.5 Å². The lowest BCUT2D eigenvalue weighted by Crippen LogP contribution is -2.36. The molecule has 0 aliphatic carbocycles. The van der Waals surface area contributed by atoms with Crippen LogP contribution in [-0.4, -0.2) is 56.5 Å². The minimum absolute atomic E-state index is 0.0169. The number of hydrogen-bond donors (Lipinski definition) is 3. The van der Waals surface area contributed by atoms with E-state index in [9.17, 15) is 14.7 Å². The summed E-state index contributed by atoms with van der Waals surface area (Å²) in [6.45, 7) is -16.1. The lowest BCUT2D eigenvalue weighted by atomic mass is 10.1. The maximum atomic E-state index is 13.5. The molecule has 1 saturated heterocycles. The van der Waals surface area contributed by atoms with Gasteiger partial charge in [0.15, 0.2) is 12.8 Å². The summed E-state index contributed by atoms with van der Waals surface area (Å²) in [6.07, 6.45) is -10.7. The van der Waals surface area contributed by atoms with Gasteiger partial charge in [-0.05, 0) is 52.4 Å². The standard InChI is InChI=1S/C18H27N5O3/c1-12(2)23-16-14(20-11-21-16)15(24)13(18(23)26)17(25)19-7-6-10-22-8-4-3-5-9-22/h11-12,24H,3-10H2,1-2H3,(H,19,25)(H,20,21)/i1D3,2D3,3D2,4D2,5D2,8D2,9D2,12D/hD. The molecular formula is C18H27N5O3. The molecule has 0 saturated carbocycles. The summed E-state index contributed by atoms with van der Waals surface area (Å²) in [5.74, 6) is -2.84. The monoisotopic (exact) mass is 379 g/mol. The molecule has 1 aliphatic rings. The van der Waals surface area contributed by atoms with E-state index in [0.717, 1.165) is 6.33 Å². The maximum absolute atomic E-state index is 13.5. The highest BCUT2D eigenvalue weighted by Crippen LogP contribution is 2.25. The summed E-state index contributed by atoms with van der Waals surface area (Å²) in [4.78, 5) is 32.7. The van der Waals surface area contributed by atoms with Crippen LogP contribution >= 0.6 is 0 Å². The van der Waals surface area contributed by atoms with Crippen molar-refractivity contribution in [1.82, 2.24) is 24.7 Å². The molecular weight excluding hydrogens is 334 g/mol. The van der Waals surface area contributed by atoms with Gasteiger partial charge in [-0.3, -0.25) is 14.2 Å². The van der Waals surface area contributed by atoms with Gasteiger partial charge in [-0.15, -0.1) is 0 Å². The lowest BCUT2D eigenvalue weighted by molar-refractivity contribution is 0.0946. The number of aromatic nitrogens is 3. The van der Waals surface area contributed by atoms with Gasteiger partial charge in [-0.2, -0.15) is 0 Å². The number of amides is 1. The van der Waals surface area contributed by atoms with E-state index in [4.69, 9.17) is 24.7 Å². The molecule has 0 unspecified atom stereocenters. The molecule has 3 rings (SSSR count). The van der Waals surface area contributed by atoms with Crippen molar-refractivity contribution < 1.29 is 34.6 Å². The Morgan fingerprint density at radius 3 is 3.04 bits per heavy atom. The number of hydrogen-bond acceptors (Lipinski definition) is 5. The van der Waals surface area contributed by atoms with Gasteiger partial charge in [0.1, 0.15) is 11.1 Å². The quantitative estimate of drug-likeness (QED) is 0.708. The zero-order chi connectivity index (χ0) is 34.4. The Hall–Kier alpha value is -2.35. The summed E-state index contributed by atoms with van der Waals surface area (Å²) in [7, 11) is 0. The molecule has 3 N–H and O–H groups in total. The Kier molecular flexibility index (Phi) is 1.94. The number of nitrogens with zero attached hydrogens (tertiary/aromatic N) is 3. The van der Waals surface area contributed by atoms with Crippen LogP contribution in [0.4, 0.5) is 0 Å². The van der Waals surface area contributed by atoms with E-state index in [1.165, 1.54) is 0 Å². The molecule has 26 heavy (non-hydrogen) atoms. The average Bonchev–Trinajstić information content (AvgIpc) is 3.33. The predicted molar refractivity (Wildman–Crippen MR) is 99.6 cm³/mol. The molecule has 0 bridgehead atoms. The first-order chi connectivity index (χ1) is 19.5. The van der Waals surface area contributed by atoms with Gasteiger partial charge in [0, 0.05) is 34.5 Å². The Morgan fingerprint density at radius 1 is 1.54 bits per heavy atom. The van der Waals surface area contributed by atoms with Crippen molar-refractivity contribution in [3.8, 4) is 5.75 Å². The molecule has 1 amide bonds. The van der Waals surface area contributed by atoms with Gasteiger partial charge >= 0.3 is 0 Å². The smallest absolute Gasteiger partial charge is 0.269 e. The summed E-state index contributed by atoms with van der Waals surface area (Å²) >= 11 is 0. The molecule has 0 radical (unpaired) electrons. The highest BCUT2D eigenvalue weighted by atomic mass is 16.3. The Balaban J connectivity index is 2.03. The molecule has 2 aromatic rings. The summed E-state index contributed by atoms with van der Waals surface area (Å²) in [6, 6.07) is -3.74. The number of imidazole rings is 1. The van der Waals surface area contributed by atoms with Crippen molar-refractivity contribution in [2.24, 2.45) is 0 Å². The van der Waals surface area contributed by atoms with Crippen LogP contribution < -0.4 is 10.9 Å². The van der Waals surface area contributed by atoms with Crippen LogP contribution in [0.2, 0.25) is 1.41 Å². The van der Waals surface area contributed by atoms with Crippen molar-refractivity contribution in [2.45, 2.75) is 45.3 Å². The van der Waals surface area contributed by atoms with Crippen LogP contribution in [0.15, 0.2) is 11.1 Å². The fraction of sp³-hybridized carbons (Fsp3) is 0.611. The molecule has 8 heteroatoms. The first-order valence-electron chi connectivity index (χ1n) is 16.3. The summed E-state index contributed by atoms with van der Waals surface area (Å²) < 4.78 is 143. The van der Waals surface area contributed by atoms with Gasteiger partial charge in [0.05, 0.1) is 7.70 Å². The minimum atomic E-state index is -3.74. The van der Waals surface area contributed by atoms with E-state index in [1.807, 2.05) is 0 Å². The number of likely N-dealkylation sites (tertiary alicyclic amines) is 1. The van der Waals surface area contributed by atoms with E-state index in [0.29, 0.717) is 0 Å². The van der Waals surface area contributed by atoms with Crippen molar-refractivity contribution in [1.29, 1.82) is 0 Å². The SMILES string of the molecule is [2H]N(CCCN1C([2H])([2H])C([2H])([2H])C([2H])([2H])C([2H])([2H])C1([2H])[2H])C(=O)c1c(O)c2[nH]cnc2n(C([2H])(C([2H])([2H])[2H])C([2H])([2H])[2H])c1=O. The highest BCUT2D eigenvalue weighted by molar-refractivity contribution is 6.00. The molecule has 0 aromatic carbocycles. The largest absolute Gasteiger partial charge is 0.505 e. The molecule has 0 spiro atoms. The Bertz CT molecular complexity index is 1470. The maximum Gasteiger partial charge on any atom is 0.269 e. The zero-order valence-corrected chi connectivity index (χ0v) is 13.3. The second kappa shape index (κ2) is 7.90. The number of fused-ring (bicyclic) bond motifs is 1. The minimum Gasteiger partial charge on any atom is -0.505 e. The second-order valence-corrected chi connectivity index (χ2v) is 5.10. The molecule has 3 heterocycles. The van der Waals surface area contributed by atoms with E-state index in [2.05, 4.69) is 9.97 Å². The zero-order valence-electron chi connectivity index (χ0n) is 31.3.